The molecule has 0 aliphatic heterocycles. The molecule has 1 aliphatic rings. The summed E-state index contributed by atoms with van der Waals surface area (Å²) in [5.41, 5.74) is 4.60. The molecule has 0 saturated carbocycles. The fourth-order valence-electron chi connectivity index (χ4n) is 2.94. The molecule has 2 aromatic carbocycles. The van der Waals surface area contributed by atoms with Crippen LogP contribution in [-0.2, 0) is 12.8 Å². The van der Waals surface area contributed by atoms with Gasteiger partial charge in [0.1, 0.15) is 0 Å². The van der Waals surface area contributed by atoms with Gasteiger partial charge in [-0.1, -0.05) is 24.3 Å². The van der Waals surface area contributed by atoms with E-state index in [0.717, 1.165) is 24.0 Å². The van der Waals surface area contributed by atoms with Crippen molar-refractivity contribution in [1.29, 1.82) is 0 Å². The van der Waals surface area contributed by atoms with Crippen LogP contribution in [0, 0.1) is 5.82 Å². The van der Waals surface area contributed by atoms with Crippen LogP contribution in [0.1, 0.15) is 40.5 Å². The monoisotopic (exact) mass is 304 g/mol. The zero-order valence-corrected chi connectivity index (χ0v) is 12.8. The third-order valence-electron chi connectivity index (χ3n) is 4.13. The van der Waals surface area contributed by atoms with Crippen LogP contribution >= 0.6 is 11.6 Å². The molecule has 1 unspecified atom stereocenters. The van der Waals surface area contributed by atoms with E-state index in [4.69, 9.17) is 16.3 Å². The fourth-order valence-corrected chi connectivity index (χ4v) is 3.22. The first kappa shape index (κ1) is 14.4. The van der Waals surface area contributed by atoms with E-state index in [1.165, 1.54) is 37.1 Å². The number of rotatable bonds is 3. The molecule has 0 spiro atoms. The van der Waals surface area contributed by atoms with E-state index in [1.54, 1.807) is 6.07 Å². The molecule has 1 aliphatic carbocycles. The molecule has 0 N–H and O–H groups in total. The van der Waals surface area contributed by atoms with Gasteiger partial charge in [-0.15, -0.1) is 11.6 Å². The van der Waals surface area contributed by atoms with Gasteiger partial charge in [-0.05, 0) is 60.1 Å². The average molecular weight is 305 g/mol. The molecule has 1 nitrogen and oxygen atoms in total. The molecule has 0 heterocycles. The Balaban J connectivity index is 1.91. The Morgan fingerprint density at radius 1 is 1.00 bits per heavy atom. The van der Waals surface area contributed by atoms with Crippen LogP contribution in [0.2, 0.25) is 0 Å². The van der Waals surface area contributed by atoms with Crippen LogP contribution < -0.4 is 4.74 Å². The number of hydrogen-bond donors (Lipinski definition) is 0. The summed E-state index contributed by atoms with van der Waals surface area (Å²) in [4.78, 5) is 0. The maximum absolute atomic E-state index is 13.8. The van der Waals surface area contributed by atoms with E-state index >= 15 is 0 Å². The van der Waals surface area contributed by atoms with E-state index in [1.807, 2.05) is 6.07 Å². The van der Waals surface area contributed by atoms with E-state index in [9.17, 15) is 4.39 Å². The Hall–Kier alpha value is -1.54. The largest absolute Gasteiger partial charge is 0.494 e. The molecule has 0 aromatic heterocycles. The van der Waals surface area contributed by atoms with Gasteiger partial charge in [-0.2, -0.15) is 0 Å². The minimum atomic E-state index is -0.376. The molecule has 0 bridgehead atoms. The van der Waals surface area contributed by atoms with E-state index in [2.05, 4.69) is 18.2 Å². The van der Waals surface area contributed by atoms with Crippen LogP contribution in [0.4, 0.5) is 4.39 Å². The maximum Gasteiger partial charge on any atom is 0.165 e. The SMILES string of the molecule is COc1ccc(C(Cl)c2ccc3c(c2)CCCC3)cc1F. The molecular formula is C18H18ClFO. The lowest BCUT2D eigenvalue weighted by molar-refractivity contribution is 0.386. The number of halogens is 2. The van der Waals surface area contributed by atoms with Crippen LogP contribution in [0.5, 0.6) is 5.75 Å². The van der Waals surface area contributed by atoms with Gasteiger partial charge in [-0.25, -0.2) is 4.39 Å². The third-order valence-corrected chi connectivity index (χ3v) is 4.64. The van der Waals surface area contributed by atoms with Crippen molar-refractivity contribution in [2.45, 2.75) is 31.1 Å². The van der Waals surface area contributed by atoms with Crippen LogP contribution in [0.3, 0.4) is 0 Å². The van der Waals surface area contributed by atoms with Crippen molar-refractivity contribution in [2.24, 2.45) is 0 Å². The van der Waals surface area contributed by atoms with Crippen molar-refractivity contribution in [3.63, 3.8) is 0 Å². The van der Waals surface area contributed by atoms with Gasteiger partial charge in [0.15, 0.2) is 11.6 Å². The first-order valence-corrected chi connectivity index (χ1v) is 7.72. The summed E-state index contributed by atoms with van der Waals surface area (Å²) in [5, 5.41) is -0.336. The van der Waals surface area contributed by atoms with Crippen molar-refractivity contribution in [3.05, 3.63) is 64.5 Å². The van der Waals surface area contributed by atoms with Crippen LogP contribution in [0.15, 0.2) is 36.4 Å². The zero-order valence-electron chi connectivity index (χ0n) is 12.0. The Morgan fingerprint density at radius 2 is 1.67 bits per heavy atom. The van der Waals surface area contributed by atoms with Gasteiger partial charge in [0.25, 0.3) is 0 Å². The smallest absolute Gasteiger partial charge is 0.165 e. The molecule has 21 heavy (non-hydrogen) atoms. The quantitative estimate of drug-likeness (QED) is 0.722. The molecule has 0 saturated heterocycles. The highest BCUT2D eigenvalue weighted by molar-refractivity contribution is 6.22. The fraction of sp³-hybridized carbons (Fsp3) is 0.333. The number of benzene rings is 2. The molecule has 2 aromatic rings. The second-order valence-corrected chi connectivity index (χ2v) is 5.93. The molecule has 3 rings (SSSR count). The highest BCUT2D eigenvalue weighted by atomic mass is 35.5. The normalized spacial score (nSPS) is 15.4. The summed E-state index contributed by atoms with van der Waals surface area (Å²) in [7, 11) is 1.46. The number of alkyl halides is 1. The molecule has 1 atom stereocenters. The number of fused-ring (bicyclic) bond motifs is 1. The topological polar surface area (TPSA) is 9.23 Å². The van der Waals surface area contributed by atoms with Gasteiger partial charge < -0.3 is 4.74 Å². The molecule has 0 radical (unpaired) electrons. The van der Waals surface area contributed by atoms with Gasteiger partial charge in [0.05, 0.1) is 12.5 Å². The number of methoxy groups -OCH3 is 1. The minimum absolute atomic E-state index is 0.244. The van der Waals surface area contributed by atoms with Gasteiger partial charge in [-0.3, -0.25) is 0 Å². The lowest BCUT2D eigenvalue weighted by atomic mass is 9.89. The first-order chi connectivity index (χ1) is 10.2. The molecule has 0 amide bonds. The zero-order chi connectivity index (χ0) is 14.8. The lowest BCUT2D eigenvalue weighted by Gasteiger charge is -2.19. The Bertz CT molecular complexity index is 654. The average Bonchev–Trinajstić information content (AvgIpc) is 2.53. The summed E-state index contributed by atoms with van der Waals surface area (Å²) in [6, 6.07) is 11.3. The molecule has 0 fully saturated rings. The third kappa shape index (κ3) is 2.91. The van der Waals surface area contributed by atoms with Crippen molar-refractivity contribution in [1.82, 2.24) is 0 Å². The van der Waals surface area contributed by atoms with Crippen LogP contribution in [0.25, 0.3) is 0 Å². The highest BCUT2D eigenvalue weighted by Crippen LogP contribution is 2.33. The van der Waals surface area contributed by atoms with Crippen molar-refractivity contribution in [3.8, 4) is 5.75 Å². The maximum atomic E-state index is 13.8. The summed E-state index contributed by atoms with van der Waals surface area (Å²) in [6.07, 6.45) is 4.77. The summed E-state index contributed by atoms with van der Waals surface area (Å²) in [5.74, 6) is -0.133. The minimum Gasteiger partial charge on any atom is -0.494 e. The second kappa shape index (κ2) is 6.07. The van der Waals surface area contributed by atoms with Crippen molar-refractivity contribution in [2.75, 3.05) is 7.11 Å². The predicted octanol–water partition coefficient (Wildman–Crippen LogP) is 5.04. The number of ether oxygens (including phenoxy) is 1. The molecule has 3 heteroatoms. The molecule has 110 valence electrons. The second-order valence-electron chi connectivity index (χ2n) is 5.49. The standard InChI is InChI=1S/C18H18ClFO/c1-21-17-9-8-15(11-16(17)20)18(19)14-7-6-12-4-2-3-5-13(12)10-14/h6-11,18H,2-5H2,1H3. The van der Waals surface area contributed by atoms with Crippen molar-refractivity contribution >= 4 is 11.6 Å². The number of hydrogen-bond acceptors (Lipinski definition) is 1. The Labute approximate surface area is 129 Å². The van der Waals surface area contributed by atoms with Crippen molar-refractivity contribution < 1.29 is 9.13 Å². The lowest BCUT2D eigenvalue weighted by Crippen LogP contribution is -2.04. The number of aryl methyl sites for hydroxylation is 2. The summed E-state index contributed by atoms with van der Waals surface area (Å²) < 4.78 is 18.8. The van der Waals surface area contributed by atoms with Gasteiger partial charge in [0, 0.05) is 0 Å². The van der Waals surface area contributed by atoms with E-state index in [0.29, 0.717) is 0 Å². The Morgan fingerprint density at radius 3 is 2.38 bits per heavy atom. The van der Waals surface area contributed by atoms with E-state index in [-0.39, 0.29) is 16.9 Å². The highest BCUT2D eigenvalue weighted by Gasteiger charge is 2.16. The predicted molar refractivity (Wildman–Crippen MR) is 83.7 cm³/mol. The van der Waals surface area contributed by atoms with E-state index < -0.39 is 0 Å². The van der Waals surface area contributed by atoms with Gasteiger partial charge in [0.2, 0.25) is 0 Å². The summed E-state index contributed by atoms with van der Waals surface area (Å²) in [6.45, 7) is 0. The van der Waals surface area contributed by atoms with Crippen LogP contribution in [-0.4, -0.2) is 7.11 Å². The first-order valence-electron chi connectivity index (χ1n) is 7.28. The van der Waals surface area contributed by atoms with Gasteiger partial charge >= 0.3 is 0 Å². The summed E-state index contributed by atoms with van der Waals surface area (Å²) >= 11 is 6.53. The Kier molecular flexibility index (Phi) is 4.16. The molecular weight excluding hydrogens is 287 g/mol.